The van der Waals surface area contributed by atoms with Crippen molar-refractivity contribution < 1.29 is 62.5 Å². The quantitative estimate of drug-likeness (QED) is 0.0168. The Morgan fingerprint density at radius 1 is 0.746 bits per heavy atom. The van der Waals surface area contributed by atoms with Gasteiger partial charge < -0.3 is 35.4 Å². The molecule has 63 heavy (non-hydrogen) atoms. The van der Waals surface area contributed by atoms with Crippen molar-refractivity contribution in [3.05, 3.63) is 72.9 Å². The number of aliphatic hydroxyl groups excluding tert-OH is 2. The molecule has 1 aliphatic carbocycles. The van der Waals surface area contributed by atoms with E-state index in [0.717, 1.165) is 64.2 Å². The highest BCUT2D eigenvalue weighted by atomic mass is 31.2. The molecule has 0 aromatic rings. The molecule has 0 aromatic carbocycles. The summed E-state index contributed by atoms with van der Waals surface area (Å²) in [5.74, 6) is -3.52. The standard InChI is InChI=1S/C48H78NO13P/c1-3-5-7-8-9-10-11-12-13-14-15-16-17-18-19-20-21-22-27-31-46(53)59-36-40(37-60-63(57,58)61-38-43(49)48(55)56)62-47(54)32-28-24-23-26-30-41-42(45(52)35-44(41)51)34-33-39(50)29-25-6-4-2/h9-10,12-13,15-16,18-19,23,26,33-34,39-44,50-51H,3-8,11,14,17,20-22,24-25,27-32,35-38,49H2,1-2H3,(H,55,56)(H,57,58)/b10-9-,13-12-,16-15-,19-18-,26-23-,34-33+/t39-,40+,41+,42+,43-,44-/m0/s1. The molecule has 1 unspecified atom stereocenters. The van der Waals surface area contributed by atoms with E-state index in [9.17, 15) is 38.8 Å². The van der Waals surface area contributed by atoms with Gasteiger partial charge in [-0.05, 0) is 77.0 Å². The number of phosphoric acid groups is 1. The van der Waals surface area contributed by atoms with E-state index in [-0.39, 0.29) is 31.0 Å². The van der Waals surface area contributed by atoms with Crippen LogP contribution < -0.4 is 5.73 Å². The lowest BCUT2D eigenvalue weighted by molar-refractivity contribution is -0.161. The zero-order chi connectivity index (χ0) is 46.6. The monoisotopic (exact) mass is 908 g/mol. The van der Waals surface area contributed by atoms with Gasteiger partial charge in [-0.1, -0.05) is 125 Å². The predicted octanol–water partition coefficient (Wildman–Crippen LogP) is 9.09. The van der Waals surface area contributed by atoms with E-state index >= 15 is 0 Å². The van der Waals surface area contributed by atoms with Crippen LogP contribution in [0.4, 0.5) is 0 Å². The SMILES string of the molecule is CCCCC/C=C\C/C=C\C/C=C\C/C=C\CCCCCC(=O)OC[C@H](COP(=O)(O)OC[C@H](N)C(=O)O)OC(=O)CCC/C=C\C[C@H]1[C@@H](O)CC(=O)[C@@H]1/C=C/[C@@H](O)CCCCC. The molecule has 0 heterocycles. The van der Waals surface area contributed by atoms with Gasteiger partial charge in [0, 0.05) is 31.1 Å². The van der Waals surface area contributed by atoms with Crippen molar-refractivity contribution in [3.8, 4) is 0 Å². The summed E-state index contributed by atoms with van der Waals surface area (Å²) < 4.78 is 32.7. The van der Waals surface area contributed by atoms with Gasteiger partial charge in [-0.25, -0.2) is 4.57 Å². The van der Waals surface area contributed by atoms with Crippen molar-refractivity contribution in [2.45, 2.75) is 173 Å². The fraction of sp³-hybridized carbons (Fsp3) is 0.667. The van der Waals surface area contributed by atoms with Crippen LogP contribution in [0, 0.1) is 11.8 Å². The van der Waals surface area contributed by atoms with E-state index in [1.807, 2.05) is 12.2 Å². The smallest absolute Gasteiger partial charge is 0.472 e. The maximum Gasteiger partial charge on any atom is 0.472 e. The van der Waals surface area contributed by atoms with Gasteiger partial charge >= 0.3 is 25.7 Å². The van der Waals surface area contributed by atoms with Gasteiger partial charge in [0.25, 0.3) is 0 Å². The number of hydrogen-bond acceptors (Lipinski definition) is 12. The number of nitrogens with two attached hydrogens (primary N) is 1. The summed E-state index contributed by atoms with van der Waals surface area (Å²) in [5.41, 5.74) is 5.33. The van der Waals surface area contributed by atoms with Crippen LogP contribution in [0.3, 0.4) is 0 Å². The summed E-state index contributed by atoms with van der Waals surface area (Å²) in [7, 11) is -4.81. The average Bonchev–Trinajstić information content (AvgIpc) is 3.52. The zero-order valence-corrected chi connectivity index (χ0v) is 38.7. The van der Waals surface area contributed by atoms with Crippen LogP contribution in [0.2, 0.25) is 0 Å². The van der Waals surface area contributed by atoms with Gasteiger partial charge in [0.2, 0.25) is 0 Å². The fourth-order valence-electron chi connectivity index (χ4n) is 6.56. The van der Waals surface area contributed by atoms with Crippen LogP contribution >= 0.6 is 7.82 Å². The Morgan fingerprint density at radius 2 is 1.30 bits per heavy atom. The lowest BCUT2D eigenvalue weighted by Crippen LogP contribution is -2.34. The zero-order valence-electron chi connectivity index (χ0n) is 37.9. The van der Waals surface area contributed by atoms with Crippen molar-refractivity contribution in [2.24, 2.45) is 17.6 Å². The number of esters is 2. The summed E-state index contributed by atoms with van der Waals surface area (Å²) in [6.07, 6.45) is 37.6. The van der Waals surface area contributed by atoms with Crippen LogP contribution in [0.15, 0.2) is 72.9 Å². The molecule has 6 N–H and O–H groups in total. The number of hydrogen-bond donors (Lipinski definition) is 5. The second-order valence-corrected chi connectivity index (χ2v) is 17.4. The third kappa shape index (κ3) is 31.1. The van der Waals surface area contributed by atoms with Crippen LogP contribution in [0.1, 0.15) is 149 Å². The lowest BCUT2D eigenvalue weighted by atomic mass is 9.90. The molecule has 0 aliphatic heterocycles. The van der Waals surface area contributed by atoms with Crippen LogP contribution in [-0.4, -0.2) is 88.1 Å². The van der Waals surface area contributed by atoms with E-state index in [0.29, 0.717) is 32.1 Å². The molecule has 0 bridgehead atoms. The van der Waals surface area contributed by atoms with E-state index in [1.165, 1.54) is 19.3 Å². The number of aliphatic carboxylic acids is 1. The first kappa shape index (κ1) is 57.5. The molecule has 1 saturated carbocycles. The molecule has 0 spiro atoms. The lowest BCUT2D eigenvalue weighted by Gasteiger charge is -2.20. The summed E-state index contributed by atoms with van der Waals surface area (Å²) in [4.78, 5) is 58.8. The van der Waals surface area contributed by atoms with Gasteiger partial charge in [-0.2, -0.15) is 0 Å². The number of aliphatic hydroxyl groups is 2. The van der Waals surface area contributed by atoms with Crippen molar-refractivity contribution in [3.63, 3.8) is 0 Å². The second kappa shape index (κ2) is 36.8. The summed E-state index contributed by atoms with van der Waals surface area (Å²) in [5, 5.41) is 29.7. The van der Waals surface area contributed by atoms with Gasteiger partial charge in [-0.15, -0.1) is 0 Å². The highest BCUT2D eigenvalue weighted by Gasteiger charge is 2.39. The largest absolute Gasteiger partial charge is 0.480 e. The highest BCUT2D eigenvalue weighted by molar-refractivity contribution is 7.47. The third-order valence-corrected chi connectivity index (χ3v) is 11.3. The number of carbonyl (C=O) groups excluding carboxylic acids is 3. The Kier molecular flexibility index (Phi) is 33.6. The minimum Gasteiger partial charge on any atom is -0.480 e. The number of carboxylic acids is 1. The van der Waals surface area contributed by atoms with E-state index < -0.39 is 75.8 Å². The molecule has 0 aromatic heterocycles. The molecule has 1 rings (SSSR count). The Labute approximate surface area is 376 Å². The van der Waals surface area contributed by atoms with Crippen molar-refractivity contribution in [2.75, 3.05) is 19.8 Å². The van der Waals surface area contributed by atoms with E-state index in [4.69, 9.17) is 24.8 Å². The minimum atomic E-state index is -4.81. The third-order valence-electron chi connectivity index (χ3n) is 10.3. The van der Waals surface area contributed by atoms with E-state index in [1.54, 1.807) is 12.2 Å². The number of ether oxygens (including phenoxy) is 2. The molecule has 0 saturated heterocycles. The summed E-state index contributed by atoms with van der Waals surface area (Å²) in [6.45, 7) is 2.35. The van der Waals surface area contributed by atoms with Crippen LogP contribution in [-0.2, 0) is 42.3 Å². The maximum atomic E-state index is 12.7. The Bertz CT molecular complexity index is 1510. The fourth-order valence-corrected chi connectivity index (χ4v) is 7.34. The summed E-state index contributed by atoms with van der Waals surface area (Å²) >= 11 is 0. The Morgan fingerprint density at radius 3 is 1.94 bits per heavy atom. The van der Waals surface area contributed by atoms with Gasteiger partial charge in [0.15, 0.2) is 6.10 Å². The molecule has 1 aliphatic rings. The van der Waals surface area contributed by atoms with E-state index in [2.05, 4.69) is 67.0 Å². The van der Waals surface area contributed by atoms with Crippen LogP contribution in [0.5, 0.6) is 0 Å². The van der Waals surface area contributed by atoms with Crippen molar-refractivity contribution in [1.29, 1.82) is 0 Å². The normalized spacial score (nSPS) is 19.6. The maximum absolute atomic E-state index is 12.7. The number of Topliss-reactive ketones (excluding diaryl/α,β-unsaturated/α-hetero) is 1. The molecule has 0 amide bonds. The first-order chi connectivity index (χ1) is 30.3. The molecule has 14 nitrogen and oxygen atoms in total. The topological polar surface area (TPSA) is 229 Å². The first-order valence-corrected chi connectivity index (χ1v) is 24.6. The number of unbranched alkanes of at least 4 members (excludes halogenated alkanes) is 9. The van der Waals surface area contributed by atoms with Crippen molar-refractivity contribution in [1.82, 2.24) is 0 Å². The molecule has 7 atom stereocenters. The number of allylic oxidation sites excluding steroid dienone is 11. The Balaban J connectivity index is 2.51. The molecular formula is C48H78NO13P. The summed E-state index contributed by atoms with van der Waals surface area (Å²) in [6, 6.07) is -1.57. The molecule has 0 radical (unpaired) electrons. The highest BCUT2D eigenvalue weighted by Crippen LogP contribution is 2.43. The minimum absolute atomic E-state index is 0.0409. The number of rotatable bonds is 38. The van der Waals surface area contributed by atoms with Gasteiger partial charge in [0.05, 0.1) is 25.4 Å². The molecule has 358 valence electrons. The molecule has 15 heteroatoms. The number of ketones is 1. The van der Waals surface area contributed by atoms with Crippen molar-refractivity contribution >= 4 is 31.5 Å². The number of phosphoric ester groups is 1. The Hall–Kier alpha value is -3.49. The second-order valence-electron chi connectivity index (χ2n) is 16.0. The van der Waals surface area contributed by atoms with Crippen LogP contribution in [0.25, 0.3) is 0 Å². The van der Waals surface area contributed by atoms with Gasteiger partial charge in [0.1, 0.15) is 18.4 Å². The molecular weight excluding hydrogens is 829 g/mol. The molecule has 1 fully saturated rings. The predicted molar refractivity (Wildman–Crippen MR) is 245 cm³/mol. The number of carboxylic acid groups (broad SMARTS) is 1. The van der Waals surface area contributed by atoms with Gasteiger partial charge in [-0.3, -0.25) is 28.2 Å². The number of carbonyl (C=O) groups is 4. The average molecular weight is 908 g/mol. The first-order valence-electron chi connectivity index (χ1n) is 23.1.